The van der Waals surface area contributed by atoms with Crippen molar-refractivity contribution in [3.63, 3.8) is 0 Å². The van der Waals surface area contributed by atoms with Crippen LogP contribution in [0.1, 0.15) is 13.8 Å². The second-order valence-electron chi connectivity index (χ2n) is 5.43. The molecule has 4 heteroatoms. The maximum absolute atomic E-state index is 6.03. The minimum atomic E-state index is 0.528. The van der Waals surface area contributed by atoms with Crippen molar-refractivity contribution >= 4 is 17.3 Å². The van der Waals surface area contributed by atoms with Gasteiger partial charge in [-0.3, -0.25) is 0 Å². The molecular formula is C18H22ClNO2. The summed E-state index contributed by atoms with van der Waals surface area (Å²) in [6, 6.07) is 15.4. The molecule has 3 nitrogen and oxygen atoms in total. The standard InChI is InChI=1S/C18H22ClNO2/c1-14(2)13-22-16-9-7-15(8-10-16)20-11-12-21-18-6-4-3-5-17(18)19/h3-10,14,20H,11-13H2,1-2H3. The molecule has 0 aliphatic carbocycles. The normalized spacial score (nSPS) is 10.5. The van der Waals surface area contributed by atoms with Crippen LogP contribution >= 0.6 is 11.6 Å². The van der Waals surface area contributed by atoms with Crippen LogP contribution in [-0.4, -0.2) is 19.8 Å². The number of benzene rings is 2. The van der Waals surface area contributed by atoms with Crippen LogP contribution in [0.25, 0.3) is 0 Å². The Morgan fingerprint density at radius 1 is 1.00 bits per heavy atom. The van der Waals surface area contributed by atoms with Crippen molar-refractivity contribution in [2.24, 2.45) is 5.92 Å². The van der Waals surface area contributed by atoms with Gasteiger partial charge in [-0.05, 0) is 42.3 Å². The Kier molecular flexibility index (Phi) is 6.41. The van der Waals surface area contributed by atoms with Crippen LogP contribution in [0.3, 0.4) is 0 Å². The summed E-state index contributed by atoms with van der Waals surface area (Å²) in [4.78, 5) is 0. The maximum Gasteiger partial charge on any atom is 0.137 e. The van der Waals surface area contributed by atoms with Gasteiger partial charge in [-0.1, -0.05) is 37.6 Å². The summed E-state index contributed by atoms with van der Waals surface area (Å²) >= 11 is 6.03. The Labute approximate surface area is 137 Å². The summed E-state index contributed by atoms with van der Waals surface area (Å²) in [5.74, 6) is 2.13. The lowest BCUT2D eigenvalue weighted by atomic mass is 10.2. The van der Waals surface area contributed by atoms with Gasteiger partial charge in [0.15, 0.2) is 0 Å². The van der Waals surface area contributed by atoms with Crippen molar-refractivity contribution < 1.29 is 9.47 Å². The Balaban J connectivity index is 1.72. The molecule has 118 valence electrons. The molecule has 0 spiro atoms. The van der Waals surface area contributed by atoms with Gasteiger partial charge in [0, 0.05) is 12.2 Å². The van der Waals surface area contributed by atoms with Gasteiger partial charge in [0.2, 0.25) is 0 Å². The van der Waals surface area contributed by atoms with Crippen molar-refractivity contribution in [2.45, 2.75) is 13.8 Å². The monoisotopic (exact) mass is 319 g/mol. The van der Waals surface area contributed by atoms with Crippen molar-refractivity contribution in [3.05, 3.63) is 53.6 Å². The van der Waals surface area contributed by atoms with Crippen LogP contribution in [-0.2, 0) is 0 Å². The fraction of sp³-hybridized carbons (Fsp3) is 0.333. The van der Waals surface area contributed by atoms with Crippen LogP contribution in [0.4, 0.5) is 5.69 Å². The van der Waals surface area contributed by atoms with Crippen molar-refractivity contribution in [2.75, 3.05) is 25.1 Å². The quantitative estimate of drug-likeness (QED) is 0.704. The summed E-state index contributed by atoms with van der Waals surface area (Å²) in [5, 5.41) is 3.94. The molecule has 0 heterocycles. The minimum Gasteiger partial charge on any atom is -0.493 e. The first-order valence-corrected chi connectivity index (χ1v) is 7.87. The van der Waals surface area contributed by atoms with Crippen LogP contribution in [0, 0.1) is 5.92 Å². The molecule has 2 aromatic carbocycles. The van der Waals surface area contributed by atoms with Gasteiger partial charge in [0.25, 0.3) is 0 Å². The Morgan fingerprint density at radius 3 is 2.41 bits per heavy atom. The highest BCUT2D eigenvalue weighted by atomic mass is 35.5. The molecule has 0 radical (unpaired) electrons. The van der Waals surface area contributed by atoms with E-state index in [4.69, 9.17) is 21.1 Å². The Hall–Kier alpha value is -1.87. The zero-order valence-corrected chi connectivity index (χ0v) is 13.8. The van der Waals surface area contributed by atoms with E-state index in [0.29, 0.717) is 29.8 Å². The molecule has 0 bridgehead atoms. The van der Waals surface area contributed by atoms with E-state index >= 15 is 0 Å². The molecular weight excluding hydrogens is 298 g/mol. The van der Waals surface area contributed by atoms with E-state index < -0.39 is 0 Å². The zero-order chi connectivity index (χ0) is 15.8. The number of para-hydroxylation sites is 1. The summed E-state index contributed by atoms with van der Waals surface area (Å²) in [7, 11) is 0. The van der Waals surface area contributed by atoms with Gasteiger partial charge in [-0.25, -0.2) is 0 Å². The summed E-state index contributed by atoms with van der Waals surface area (Å²) < 4.78 is 11.3. The summed E-state index contributed by atoms with van der Waals surface area (Å²) in [6.07, 6.45) is 0. The minimum absolute atomic E-state index is 0.528. The lowest BCUT2D eigenvalue weighted by Crippen LogP contribution is -2.11. The molecule has 2 aromatic rings. The van der Waals surface area contributed by atoms with Gasteiger partial charge >= 0.3 is 0 Å². The molecule has 0 amide bonds. The van der Waals surface area contributed by atoms with Gasteiger partial charge in [-0.15, -0.1) is 0 Å². The number of rotatable bonds is 8. The average Bonchev–Trinajstić information content (AvgIpc) is 2.52. The van der Waals surface area contributed by atoms with Crippen LogP contribution in [0.15, 0.2) is 48.5 Å². The predicted molar refractivity (Wildman–Crippen MR) is 92.2 cm³/mol. The molecule has 0 aliphatic rings. The van der Waals surface area contributed by atoms with E-state index in [1.807, 2.05) is 48.5 Å². The Bertz CT molecular complexity index is 570. The maximum atomic E-state index is 6.03. The molecule has 0 fully saturated rings. The molecule has 2 rings (SSSR count). The number of anilines is 1. The Morgan fingerprint density at radius 2 is 1.73 bits per heavy atom. The van der Waals surface area contributed by atoms with Crippen molar-refractivity contribution in [1.82, 2.24) is 0 Å². The highest BCUT2D eigenvalue weighted by Crippen LogP contribution is 2.23. The van der Waals surface area contributed by atoms with E-state index in [1.165, 1.54) is 0 Å². The molecule has 0 aliphatic heterocycles. The molecule has 0 saturated carbocycles. The highest BCUT2D eigenvalue weighted by Gasteiger charge is 2.00. The third-order valence-electron chi connectivity index (χ3n) is 2.96. The largest absolute Gasteiger partial charge is 0.493 e. The summed E-state index contributed by atoms with van der Waals surface area (Å²) in [6.45, 7) is 6.26. The molecule has 22 heavy (non-hydrogen) atoms. The third kappa shape index (κ3) is 5.49. The molecule has 0 unspecified atom stereocenters. The van der Waals surface area contributed by atoms with Crippen LogP contribution < -0.4 is 14.8 Å². The average molecular weight is 320 g/mol. The fourth-order valence-electron chi connectivity index (χ4n) is 1.85. The van der Waals surface area contributed by atoms with E-state index in [-0.39, 0.29) is 0 Å². The van der Waals surface area contributed by atoms with Crippen molar-refractivity contribution in [1.29, 1.82) is 0 Å². The van der Waals surface area contributed by atoms with E-state index in [2.05, 4.69) is 19.2 Å². The third-order valence-corrected chi connectivity index (χ3v) is 3.28. The van der Waals surface area contributed by atoms with E-state index in [0.717, 1.165) is 18.0 Å². The van der Waals surface area contributed by atoms with Crippen molar-refractivity contribution in [3.8, 4) is 11.5 Å². The number of hydrogen-bond donors (Lipinski definition) is 1. The molecule has 1 N–H and O–H groups in total. The van der Waals surface area contributed by atoms with Gasteiger partial charge < -0.3 is 14.8 Å². The van der Waals surface area contributed by atoms with Crippen LogP contribution in [0.2, 0.25) is 5.02 Å². The smallest absolute Gasteiger partial charge is 0.137 e. The predicted octanol–water partition coefficient (Wildman–Crippen LogP) is 4.87. The number of ether oxygens (including phenoxy) is 2. The van der Waals surface area contributed by atoms with Gasteiger partial charge in [0.05, 0.1) is 11.6 Å². The van der Waals surface area contributed by atoms with Gasteiger partial charge in [-0.2, -0.15) is 0 Å². The highest BCUT2D eigenvalue weighted by molar-refractivity contribution is 6.32. The second kappa shape index (κ2) is 8.54. The summed E-state index contributed by atoms with van der Waals surface area (Å²) in [5.41, 5.74) is 1.04. The van der Waals surface area contributed by atoms with Crippen LogP contribution in [0.5, 0.6) is 11.5 Å². The molecule has 0 atom stereocenters. The lowest BCUT2D eigenvalue weighted by Gasteiger charge is -2.11. The molecule has 0 aromatic heterocycles. The first-order chi connectivity index (χ1) is 10.6. The molecule has 0 saturated heterocycles. The van der Waals surface area contributed by atoms with E-state index in [1.54, 1.807) is 0 Å². The number of nitrogens with one attached hydrogen (secondary N) is 1. The lowest BCUT2D eigenvalue weighted by molar-refractivity contribution is 0.271. The van der Waals surface area contributed by atoms with E-state index in [9.17, 15) is 0 Å². The topological polar surface area (TPSA) is 30.5 Å². The first-order valence-electron chi connectivity index (χ1n) is 7.49. The fourth-order valence-corrected chi connectivity index (χ4v) is 2.04. The number of hydrogen-bond acceptors (Lipinski definition) is 3. The SMILES string of the molecule is CC(C)COc1ccc(NCCOc2ccccc2Cl)cc1. The second-order valence-corrected chi connectivity index (χ2v) is 5.84. The van der Waals surface area contributed by atoms with Gasteiger partial charge in [0.1, 0.15) is 18.1 Å². The zero-order valence-electron chi connectivity index (χ0n) is 13.0. The number of halogens is 1. The first kappa shape index (κ1) is 16.5.